The Labute approximate surface area is 184 Å². The molecule has 0 bridgehead atoms. The van der Waals surface area contributed by atoms with E-state index in [1.807, 2.05) is 31.0 Å². The minimum Gasteiger partial charge on any atom is -0.467 e. The number of rotatable bonds is 12. The first kappa shape index (κ1) is 24.1. The molecular weight excluding hydrogens is 398 g/mol. The lowest BCUT2D eigenvalue weighted by molar-refractivity contribution is -0.153. The lowest BCUT2D eigenvalue weighted by Gasteiger charge is -2.16. The average Bonchev–Trinajstić information content (AvgIpc) is 3.21. The second kappa shape index (κ2) is 12.5. The van der Waals surface area contributed by atoms with Crippen LogP contribution in [-0.2, 0) is 32.0 Å². The molecule has 1 amide bonds. The largest absolute Gasteiger partial charge is 0.467 e. The predicted molar refractivity (Wildman–Crippen MR) is 122 cm³/mol. The molecule has 1 unspecified atom stereocenters. The summed E-state index contributed by atoms with van der Waals surface area (Å²) in [5.74, 6) is -0.144. The van der Waals surface area contributed by atoms with Crippen LogP contribution in [0, 0.1) is 0 Å². The molecule has 0 aliphatic rings. The molecule has 1 aromatic heterocycles. The SMILES string of the molecule is CCCCCC(=O)N(C)Cc1cc(-c2ccc(CC(OCC)C(=O)OC)cc2)cs1. The maximum absolute atomic E-state index is 12.2. The first-order chi connectivity index (χ1) is 14.5. The molecule has 0 spiro atoms. The van der Waals surface area contributed by atoms with Gasteiger partial charge in [0.05, 0.1) is 13.7 Å². The van der Waals surface area contributed by atoms with Crippen LogP contribution in [0.25, 0.3) is 11.1 Å². The Morgan fingerprint density at radius 2 is 1.83 bits per heavy atom. The fourth-order valence-electron chi connectivity index (χ4n) is 3.24. The van der Waals surface area contributed by atoms with Gasteiger partial charge in [0.15, 0.2) is 6.10 Å². The Morgan fingerprint density at radius 3 is 2.47 bits per heavy atom. The lowest BCUT2D eigenvalue weighted by Crippen LogP contribution is -2.28. The summed E-state index contributed by atoms with van der Waals surface area (Å²) in [6.45, 7) is 5.11. The third kappa shape index (κ3) is 7.26. The Kier molecular flexibility index (Phi) is 10.0. The van der Waals surface area contributed by atoms with Crippen LogP contribution in [-0.4, -0.2) is 43.6 Å². The normalized spacial score (nSPS) is 11.9. The maximum Gasteiger partial charge on any atom is 0.335 e. The third-order valence-corrected chi connectivity index (χ3v) is 5.93. The number of hydrogen-bond acceptors (Lipinski definition) is 5. The highest BCUT2D eigenvalue weighted by atomic mass is 32.1. The molecule has 1 heterocycles. The van der Waals surface area contributed by atoms with Gasteiger partial charge in [-0.15, -0.1) is 11.3 Å². The van der Waals surface area contributed by atoms with Crippen LogP contribution in [0.5, 0.6) is 0 Å². The minimum atomic E-state index is -0.580. The van der Waals surface area contributed by atoms with E-state index < -0.39 is 6.10 Å². The Bertz CT molecular complexity index is 800. The second-order valence-corrected chi connectivity index (χ2v) is 8.37. The molecule has 0 N–H and O–H groups in total. The van der Waals surface area contributed by atoms with Crippen molar-refractivity contribution in [2.45, 2.75) is 58.6 Å². The first-order valence-corrected chi connectivity index (χ1v) is 11.5. The molecule has 164 valence electrons. The summed E-state index contributed by atoms with van der Waals surface area (Å²) in [6.07, 6.45) is 3.72. The number of hydrogen-bond donors (Lipinski definition) is 0. The van der Waals surface area contributed by atoms with Crippen molar-refractivity contribution in [2.75, 3.05) is 20.8 Å². The van der Waals surface area contributed by atoms with Gasteiger partial charge in [-0.2, -0.15) is 0 Å². The van der Waals surface area contributed by atoms with Crippen molar-refractivity contribution in [1.82, 2.24) is 4.90 Å². The number of ether oxygens (including phenoxy) is 2. The van der Waals surface area contributed by atoms with Crippen LogP contribution in [0.1, 0.15) is 50.0 Å². The molecule has 30 heavy (non-hydrogen) atoms. The van der Waals surface area contributed by atoms with Crippen LogP contribution in [0.3, 0.4) is 0 Å². The molecule has 2 rings (SSSR count). The van der Waals surface area contributed by atoms with Gasteiger partial charge >= 0.3 is 5.97 Å². The van der Waals surface area contributed by atoms with E-state index in [1.165, 1.54) is 12.0 Å². The number of carbonyl (C=O) groups excluding carboxylic acids is 2. The van der Waals surface area contributed by atoms with E-state index in [9.17, 15) is 9.59 Å². The fraction of sp³-hybridized carbons (Fsp3) is 0.500. The quantitative estimate of drug-likeness (QED) is 0.348. The molecule has 0 radical (unpaired) electrons. The van der Waals surface area contributed by atoms with Crippen molar-refractivity contribution >= 4 is 23.2 Å². The van der Waals surface area contributed by atoms with Gasteiger partial charge < -0.3 is 14.4 Å². The molecule has 1 aromatic carbocycles. The van der Waals surface area contributed by atoms with E-state index in [0.29, 0.717) is 26.0 Å². The van der Waals surface area contributed by atoms with Gasteiger partial charge in [-0.1, -0.05) is 44.0 Å². The molecule has 0 fully saturated rings. The standard InChI is InChI=1S/C24H33NO4S/c1-5-7-8-9-23(26)25(3)16-21-15-20(17-30-21)19-12-10-18(11-13-19)14-22(29-6-2)24(27)28-4/h10-13,15,17,22H,5-9,14,16H2,1-4H3. The summed E-state index contributed by atoms with van der Waals surface area (Å²) < 4.78 is 10.3. The summed E-state index contributed by atoms with van der Waals surface area (Å²) >= 11 is 1.67. The van der Waals surface area contributed by atoms with Gasteiger partial charge in [0.1, 0.15) is 0 Å². The van der Waals surface area contributed by atoms with E-state index in [1.54, 1.807) is 11.3 Å². The molecule has 1 atom stereocenters. The van der Waals surface area contributed by atoms with Crippen molar-refractivity contribution < 1.29 is 19.1 Å². The maximum atomic E-state index is 12.2. The highest BCUT2D eigenvalue weighted by Gasteiger charge is 2.19. The topological polar surface area (TPSA) is 55.8 Å². The van der Waals surface area contributed by atoms with E-state index in [0.717, 1.165) is 36.0 Å². The highest BCUT2D eigenvalue weighted by Crippen LogP contribution is 2.27. The summed E-state index contributed by atoms with van der Waals surface area (Å²) in [7, 11) is 3.25. The van der Waals surface area contributed by atoms with Crippen LogP contribution in [0.4, 0.5) is 0 Å². The lowest BCUT2D eigenvalue weighted by atomic mass is 10.0. The molecular formula is C24H33NO4S. The Hall–Kier alpha value is -2.18. The van der Waals surface area contributed by atoms with Gasteiger partial charge in [-0.25, -0.2) is 4.79 Å². The second-order valence-electron chi connectivity index (χ2n) is 7.38. The Balaban J connectivity index is 1.96. The van der Waals surface area contributed by atoms with Crippen molar-refractivity contribution in [3.05, 3.63) is 46.2 Å². The van der Waals surface area contributed by atoms with Gasteiger partial charge in [0.2, 0.25) is 5.91 Å². The van der Waals surface area contributed by atoms with Gasteiger partial charge in [0, 0.05) is 31.4 Å². The number of thiophene rings is 1. The number of unbranched alkanes of at least 4 members (excludes halogenated alkanes) is 2. The zero-order chi connectivity index (χ0) is 21.9. The van der Waals surface area contributed by atoms with Crippen molar-refractivity contribution in [3.8, 4) is 11.1 Å². The van der Waals surface area contributed by atoms with E-state index in [-0.39, 0.29) is 11.9 Å². The molecule has 0 aliphatic heterocycles. The molecule has 5 nitrogen and oxygen atoms in total. The number of nitrogens with zero attached hydrogens (tertiary/aromatic N) is 1. The minimum absolute atomic E-state index is 0.206. The van der Waals surface area contributed by atoms with Crippen LogP contribution >= 0.6 is 11.3 Å². The summed E-state index contributed by atoms with van der Waals surface area (Å²) in [5, 5.41) is 2.12. The number of methoxy groups -OCH3 is 1. The molecule has 2 aromatic rings. The van der Waals surface area contributed by atoms with Gasteiger partial charge in [0.25, 0.3) is 0 Å². The van der Waals surface area contributed by atoms with Crippen LogP contribution in [0.15, 0.2) is 35.7 Å². The summed E-state index contributed by atoms with van der Waals surface area (Å²) in [6, 6.07) is 10.3. The summed E-state index contributed by atoms with van der Waals surface area (Å²) in [5.41, 5.74) is 3.28. The van der Waals surface area contributed by atoms with Crippen LogP contribution < -0.4 is 0 Å². The number of benzene rings is 1. The zero-order valence-electron chi connectivity index (χ0n) is 18.5. The smallest absolute Gasteiger partial charge is 0.335 e. The van der Waals surface area contributed by atoms with Gasteiger partial charge in [-0.3, -0.25) is 4.79 Å². The highest BCUT2D eigenvalue weighted by molar-refractivity contribution is 7.10. The number of carbonyl (C=O) groups is 2. The van der Waals surface area contributed by atoms with E-state index >= 15 is 0 Å². The number of amides is 1. The fourth-order valence-corrected chi connectivity index (χ4v) is 4.19. The molecule has 0 aliphatic carbocycles. The zero-order valence-corrected chi connectivity index (χ0v) is 19.3. The molecule has 0 saturated heterocycles. The average molecular weight is 432 g/mol. The molecule has 0 saturated carbocycles. The predicted octanol–water partition coefficient (Wildman–Crippen LogP) is 5.07. The van der Waals surface area contributed by atoms with Gasteiger partial charge in [-0.05, 0) is 41.5 Å². The molecule has 6 heteroatoms. The summed E-state index contributed by atoms with van der Waals surface area (Å²) in [4.78, 5) is 27.0. The van der Waals surface area contributed by atoms with Crippen molar-refractivity contribution in [3.63, 3.8) is 0 Å². The number of esters is 1. The van der Waals surface area contributed by atoms with Crippen LogP contribution in [0.2, 0.25) is 0 Å². The van der Waals surface area contributed by atoms with E-state index in [2.05, 4.69) is 30.5 Å². The first-order valence-electron chi connectivity index (χ1n) is 10.6. The monoisotopic (exact) mass is 431 g/mol. The van der Waals surface area contributed by atoms with Crippen molar-refractivity contribution in [2.24, 2.45) is 0 Å². The third-order valence-electron chi connectivity index (χ3n) is 5.01. The Morgan fingerprint density at radius 1 is 1.10 bits per heavy atom. The van der Waals surface area contributed by atoms with Crippen molar-refractivity contribution in [1.29, 1.82) is 0 Å². The van der Waals surface area contributed by atoms with E-state index in [4.69, 9.17) is 9.47 Å².